The van der Waals surface area contributed by atoms with Gasteiger partial charge in [0.1, 0.15) is 10.7 Å². The van der Waals surface area contributed by atoms with Crippen LogP contribution in [0.3, 0.4) is 0 Å². The third kappa shape index (κ3) is 4.84. The van der Waals surface area contributed by atoms with E-state index in [0.29, 0.717) is 27.9 Å². The molecule has 0 unspecified atom stereocenters. The predicted molar refractivity (Wildman–Crippen MR) is 97.0 cm³/mol. The Morgan fingerprint density at radius 3 is 2.92 bits per heavy atom. The molecule has 0 aliphatic carbocycles. The van der Waals surface area contributed by atoms with Crippen molar-refractivity contribution in [2.75, 3.05) is 0 Å². The summed E-state index contributed by atoms with van der Waals surface area (Å²) < 4.78 is 0. The van der Waals surface area contributed by atoms with Crippen molar-refractivity contribution < 1.29 is 4.79 Å². The van der Waals surface area contributed by atoms with Crippen LogP contribution >= 0.6 is 22.9 Å². The van der Waals surface area contributed by atoms with Gasteiger partial charge in [-0.05, 0) is 26.0 Å². The number of nitrogens with zero attached hydrogens (tertiary/aromatic N) is 3. The van der Waals surface area contributed by atoms with Crippen molar-refractivity contribution in [1.82, 2.24) is 20.3 Å². The van der Waals surface area contributed by atoms with Gasteiger partial charge in [-0.1, -0.05) is 30.3 Å². The van der Waals surface area contributed by atoms with Gasteiger partial charge in [0.25, 0.3) is 5.91 Å². The Labute approximate surface area is 149 Å². The highest BCUT2D eigenvalue weighted by atomic mass is 35.5. The Morgan fingerprint density at radius 2 is 2.25 bits per heavy atom. The number of rotatable bonds is 6. The average Bonchev–Trinajstić information content (AvgIpc) is 3.01. The standard InChI is InChI=1S/C17H17ClN4OS/c1-4-6-13(18)14(5-2)22-17(23)15-10-20-16(24-15)9-12-7-8-19-11(3)21-12/h4-8,10H,1,9H2,2-3H3,(H,22,23)/b13-6+,14-5-. The van der Waals surface area contributed by atoms with Gasteiger partial charge in [-0.3, -0.25) is 4.79 Å². The van der Waals surface area contributed by atoms with Crippen LogP contribution in [-0.4, -0.2) is 20.9 Å². The third-order valence-corrected chi connectivity index (χ3v) is 4.33. The summed E-state index contributed by atoms with van der Waals surface area (Å²) in [6.07, 6.45) is 8.74. The Morgan fingerprint density at radius 1 is 1.46 bits per heavy atom. The quantitative estimate of drug-likeness (QED) is 0.796. The molecule has 2 heterocycles. The molecule has 0 saturated heterocycles. The minimum Gasteiger partial charge on any atom is -0.320 e. The number of hydrogen-bond donors (Lipinski definition) is 1. The van der Waals surface area contributed by atoms with E-state index in [4.69, 9.17) is 11.6 Å². The maximum atomic E-state index is 12.3. The first-order valence-corrected chi connectivity index (χ1v) is 8.42. The molecule has 0 radical (unpaired) electrons. The van der Waals surface area contributed by atoms with Gasteiger partial charge in [0.2, 0.25) is 0 Å². The minimum atomic E-state index is -0.249. The zero-order chi connectivity index (χ0) is 17.5. The molecule has 5 nitrogen and oxygen atoms in total. The van der Waals surface area contributed by atoms with E-state index in [0.717, 1.165) is 10.7 Å². The van der Waals surface area contributed by atoms with Crippen LogP contribution in [0.2, 0.25) is 0 Å². The second-order valence-electron chi connectivity index (χ2n) is 4.80. The lowest BCUT2D eigenvalue weighted by Crippen LogP contribution is -2.22. The van der Waals surface area contributed by atoms with Gasteiger partial charge in [0.15, 0.2) is 0 Å². The second-order valence-corrected chi connectivity index (χ2v) is 6.32. The summed E-state index contributed by atoms with van der Waals surface area (Å²) in [5.74, 6) is 0.463. The monoisotopic (exact) mass is 360 g/mol. The first-order chi connectivity index (χ1) is 11.5. The van der Waals surface area contributed by atoms with Crippen molar-refractivity contribution in [2.24, 2.45) is 0 Å². The number of hydrogen-bond acceptors (Lipinski definition) is 5. The molecule has 124 valence electrons. The molecule has 0 spiro atoms. The highest BCUT2D eigenvalue weighted by Gasteiger charge is 2.13. The number of thiazole rings is 1. The van der Waals surface area contributed by atoms with Gasteiger partial charge in [0.05, 0.1) is 27.6 Å². The Kier molecular flexibility index (Phi) is 6.40. The normalized spacial score (nSPS) is 12.1. The smallest absolute Gasteiger partial charge is 0.267 e. The van der Waals surface area contributed by atoms with Crippen LogP contribution in [0.5, 0.6) is 0 Å². The zero-order valence-corrected chi connectivity index (χ0v) is 15.0. The van der Waals surface area contributed by atoms with Crippen LogP contribution in [0.15, 0.2) is 54.0 Å². The molecule has 0 bridgehead atoms. The number of halogens is 1. The van der Waals surface area contributed by atoms with Crippen LogP contribution in [0, 0.1) is 6.92 Å². The average molecular weight is 361 g/mol. The molecule has 1 N–H and O–H groups in total. The summed E-state index contributed by atoms with van der Waals surface area (Å²) in [6.45, 7) is 7.22. The third-order valence-electron chi connectivity index (χ3n) is 3.00. The van der Waals surface area contributed by atoms with Gasteiger partial charge in [-0.25, -0.2) is 15.0 Å². The molecular formula is C17H17ClN4OS. The first-order valence-electron chi connectivity index (χ1n) is 7.23. The van der Waals surface area contributed by atoms with Crippen molar-refractivity contribution in [2.45, 2.75) is 20.3 Å². The number of aromatic nitrogens is 3. The summed E-state index contributed by atoms with van der Waals surface area (Å²) in [4.78, 5) is 25.5. The SMILES string of the molecule is C=C/C=C(Cl)\C(=C\C)NC(=O)c1cnc(Cc2ccnc(C)n2)s1. The summed E-state index contributed by atoms with van der Waals surface area (Å²) >= 11 is 7.41. The lowest BCUT2D eigenvalue weighted by atomic mass is 10.3. The van der Waals surface area contributed by atoms with Crippen molar-refractivity contribution in [3.63, 3.8) is 0 Å². The van der Waals surface area contributed by atoms with Crippen LogP contribution < -0.4 is 5.32 Å². The molecule has 1 amide bonds. The van der Waals surface area contributed by atoms with Gasteiger partial charge >= 0.3 is 0 Å². The highest BCUT2D eigenvalue weighted by molar-refractivity contribution is 7.13. The summed E-state index contributed by atoms with van der Waals surface area (Å²) in [5.41, 5.74) is 1.40. The second kappa shape index (κ2) is 8.52. The molecule has 0 atom stereocenters. The highest BCUT2D eigenvalue weighted by Crippen LogP contribution is 2.18. The molecule has 0 aliphatic rings. The number of carbonyl (C=O) groups excluding carboxylic acids is 1. The molecule has 0 aromatic carbocycles. The van der Waals surface area contributed by atoms with Crippen LogP contribution in [-0.2, 0) is 6.42 Å². The van der Waals surface area contributed by atoms with Crippen molar-refractivity contribution in [3.8, 4) is 0 Å². The van der Waals surface area contributed by atoms with Gasteiger partial charge in [-0.2, -0.15) is 0 Å². The molecule has 0 saturated carbocycles. The van der Waals surface area contributed by atoms with Crippen LogP contribution in [0.1, 0.15) is 33.1 Å². The van der Waals surface area contributed by atoms with E-state index < -0.39 is 0 Å². The Hall–Kier alpha value is -2.31. The fourth-order valence-corrected chi connectivity index (χ4v) is 2.98. The lowest BCUT2D eigenvalue weighted by Gasteiger charge is -2.06. The van der Waals surface area contributed by atoms with Gasteiger partial charge in [0, 0.05) is 12.6 Å². The minimum absolute atomic E-state index is 0.249. The van der Waals surface area contributed by atoms with Gasteiger partial charge < -0.3 is 5.32 Å². The zero-order valence-electron chi connectivity index (χ0n) is 13.4. The molecule has 2 aromatic heterocycles. The van der Waals surface area contributed by atoms with Crippen molar-refractivity contribution >= 4 is 28.8 Å². The molecular weight excluding hydrogens is 344 g/mol. The van der Waals surface area contributed by atoms with E-state index in [2.05, 4.69) is 26.8 Å². The lowest BCUT2D eigenvalue weighted by molar-refractivity contribution is 0.0970. The maximum absolute atomic E-state index is 12.3. The maximum Gasteiger partial charge on any atom is 0.267 e. The first kappa shape index (κ1) is 18.0. The van der Waals surface area contributed by atoms with E-state index >= 15 is 0 Å². The van der Waals surface area contributed by atoms with E-state index in [1.807, 2.05) is 13.0 Å². The summed E-state index contributed by atoms with van der Waals surface area (Å²) in [6, 6.07) is 1.84. The van der Waals surface area contributed by atoms with Crippen molar-refractivity contribution in [3.05, 3.63) is 75.4 Å². The molecule has 0 aliphatic heterocycles. The largest absolute Gasteiger partial charge is 0.320 e. The molecule has 0 fully saturated rings. The summed E-state index contributed by atoms with van der Waals surface area (Å²) in [7, 11) is 0. The molecule has 2 aromatic rings. The van der Waals surface area contributed by atoms with E-state index in [1.165, 1.54) is 11.3 Å². The van der Waals surface area contributed by atoms with Gasteiger partial charge in [-0.15, -0.1) is 11.3 Å². The number of amides is 1. The number of carbonyl (C=O) groups is 1. The van der Waals surface area contributed by atoms with Crippen LogP contribution in [0.4, 0.5) is 0 Å². The number of aryl methyl sites for hydroxylation is 1. The fourth-order valence-electron chi connectivity index (χ4n) is 1.90. The fraction of sp³-hybridized carbons (Fsp3) is 0.176. The Bertz CT molecular complexity index is 810. The Balaban J connectivity index is 2.08. The number of nitrogens with one attached hydrogen (secondary N) is 1. The number of allylic oxidation sites excluding steroid dienone is 4. The molecule has 7 heteroatoms. The molecule has 2 rings (SSSR count). The molecule has 24 heavy (non-hydrogen) atoms. The van der Waals surface area contributed by atoms with E-state index in [-0.39, 0.29) is 5.91 Å². The van der Waals surface area contributed by atoms with E-state index in [1.54, 1.807) is 37.5 Å². The predicted octanol–water partition coefficient (Wildman–Crippen LogP) is 3.77. The van der Waals surface area contributed by atoms with Crippen molar-refractivity contribution in [1.29, 1.82) is 0 Å². The van der Waals surface area contributed by atoms with Crippen LogP contribution in [0.25, 0.3) is 0 Å². The topological polar surface area (TPSA) is 67.8 Å². The summed E-state index contributed by atoms with van der Waals surface area (Å²) in [5, 5.41) is 4.00. The van der Waals surface area contributed by atoms with E-state index in [9.17, 15) is 4.79 Å².